The molecule has 0 spiro atoms. The van der Waals surface area contributed by atoms with E-state index in [2.05, 4.69) is 25.3 Å². The maximum atomic E-state index is 11.9. The van der Waals surface area contributed by atoms with Crippen molar-refractivity contribution >= 4 is 17.7 Å². The van der Waals surface area contributed by atoms with Gasteiger partial charge in [-0.1, -0.05) is 11.8 Å². The Morgan fingerprint density at radius 2 is 2.35 bits per heavy atom. The van der Waals surface area contributed by atoms with Gasteiger partial charge in [-0.15, -0.1) is 0 Å². The number of nitrogens with one attached hydrogen (secondary N) is 3. The molecular formula is C12H15N5O2S. The topological polar surface area (TPSA) is 104 Å². The van der Waals surface area contributed by atoms with Crippen LogP contribution in [0.2, 0.25) is 0 Å². The lowest BCUT2D eigenvalue weighted by atomic mass is 10.4. The van der Waals surface area contributed by atoms with Crippen LogP contribution in [0.3, 0.4) is 0 Å². The molecule has 2 rings (SSSR count). The molecule has 0 aliphatic rings. The number of hydrogen-bond donors (Lipinski definition) is 3. The third-order valence-electron chi connectivity index (χ3n) is 2.49. The predicted molar refractivity (Wildman–Crippen MR) is 75.3 cm³/mol. The maximum Gasteiger partial charge on any atom is 0.251 e. The molecule has 0 saturated heterocycles. The van der Waals surface area contributed by atoms with Crippen molar-refractivity contribution < 1.29 is 4.79 Å². The number of aryl methyl sites for hydroxylation is 1. The van der Waals surface area contributed by atoms with E-state index in [9.17, 15) is 9.59 Å². The van der Waals surface area contributed by atoms with Crippen LogP contribution >= 0.6 is 11.8 Å². The Morgan fingerprint density at radius 1 is 1.55 bits per heavy atom. The summed E-state index contributed by atoms with van der Waals surface area (Å²) in [6.45, 7) is 3.83. The molecule has 106 valence electrons. The van der Waals surface area contributed by atoms with Crippen molar-refractivity contribution in [2.45, 2.75) is 30.8 Å². The fraction of sp³-hybridized carbons (Fsp3) is 0.333. The molecule has 0 saturated carbocycles. The second-order valence-corrected chi connectivity index (χ2v) is 5.54. The third-order valence-corrected chi connectivity index (χ3v) is 3.47. The molecule has 2 aromatic rings. The molecule has 3 N–H and O–H groups in total. The average molecular weight is 293 g/mol. The fourth-order valence-electron chi connectivity index (χ4n) is 1.54. The van der Waals surface area contributed by atoms with Crippen molar-refractivity contribution in [3.63, 3.8) is 0 Å². The van der Waals surface area contributed by atoms with E-state index in [-0.39, 0.29) is 16.7 Å². The molecule has 1 amide bonds. The summed E-state index contributed by atoms with van der Waals surface area (Å²) < 4.78 is 0. The second kappa shape index (κ2) is 6.38. The number of carbonyl (C=O) groups is 1. The number of carbonyl (C=O) groups excluding carboxylic acids is 1. The first-order valence-corrected chi connectivity index (χ1v) is 6.93. The van der Waals surface area contributed by atoms with Crippen molar-refractivity contribution in [1.82, 2.24) is 25.3 Å². The van der Waals surface area contributed by atoms with E-state index in [0.717, 1.165) is 0 Å². The Labute approximate surface area is 119 Å². The second-order valence-electron chi connectivity index (χ2n) is 4.21. The summed E-state index contributed by atoms with van der Waals surface area (Å²) in [5.74, 6) is 0.549. The highest BCUT2D eigenvalue weighted by atomic mass is 32.2. The number of H-pyrrole nitrogens is 2. The van der Waals surface area contributed by atoms with Gasteiger partial charge in [0.05, 0.1) is 11.8 Å². The smallest absolute Gasteiger partial charge is 0.251 e. The van der Waals surface area contributed by atoms with Gasteiger partial charge in [-0.2, -0.15) is 0 Å². The summed E-state index contributed by atoms with van der Waals surface area (Å²) in [5, 5.41) is 2.84. The molecular weight excluding hydrogens is 278 g/mol. The largest absolute Gasteiger partial charge is 0.348 e. The molecule has 2 aromatic heterocycles. The van der Waals surface area contributed by atoms with Gasteiger partial charge >= 0.3 is 0 Å². The number of imidazole rings is 1. The summed E-state index contributed by atoms with van der Waals surface area (Å²) >= 11 is 1.21. The zero-order valence-corrected chi connectivity index (χ0v) is 12.0. The van der Waals surface area contributed by atoms with Crippen LogP contribution < -0.4 is 10.9 Å². The third kappa shape index (κ3) is 3.95. The number of aromatic amines is 2. The van der Waals surface area contributed by atoms with E-state index in [1.165, 1.54) is 17.8 Å². The van der Waals surface area contributed by atoms with Gasteiger partial charge in [0.1, 0.15) is 5.82 Å². The van der Waals surface area contributed by atoms with Gasteiger partial charge in [-0.3, -0.25) is 9.59 Å². The Kier molecular flexibility index (Phi) is 4.57. The predicted octanol–water partition coefficient (Wildman–Crippen LogP) is 0.598. The lowest BCUT2D eigenvalue weighted by Crippen LogP contribution is -2.31. The van der Waals surface area contributed by atoms with Gasteiger partial charge in [0, 0.05) is 24.2 Å². The van der Waals surface area contributed by atoms with Crippen LogP contribution in [0.15, 0.2) is 28.4 Å². The van der Waals surface area contributed by atoms with E-state index in [4.69, 9.17) is 0 Å². The van der Waals surface area contributed by atoms with Gasteiger partial charge in [-0.25, -0.2) is 9.97 Å². The SMILES string of the molecule is Cc1cc(=O)[nH]c(S[C@H](C)C(=O)NCc2ncc[nH]2)n1. The first-order chi connectivity index (χ1) is 9.54. The number of aromatic nitrogens is 4. The summed E-state index contributed by atoms with van der Waals surface area (Å²) in [6, 6.07) is 1.41. The number of hydrogen-bond acceptors (Lipinski definition) is 5. The molecule has 0 aromatic carbocycles. The summed E-state index contributed by atoms with van der Waals surface area (Å²) in [5.41, 5.74) is 0.405. The zero-order valence-electron chi connectivity index (χ0n) is 11.1. The maximum absolute atomic E-state index is 11.9. The lowest BCUT2D eigenvalue weighted by Gasteiger charge is -2.10. The molecule has 0 fully saturated rings. The Morgan fingerprint density at radius 3 is 3.00 bits per heavy atom. The number of rotatable bonds is 5. The van der Waals surface area contributed by atoms with E-state index < -0.39 is 0 Å². The van der Waals surface area contributed by atoms with Crippen LogP contribution in [-0.4, -0.2) is 31.1 Å². The highest BCUT2D eigenvalue weighted by molar-refractivity contribution is 8.00. The van der Waals surface area contributed by atoms with Gasteiger partial charge in [0.15, 0.2) is 5.16 Å². The van der Waals surface area contributed by atoms with Gasteiger partial charge in [0.2, 0.25) is 5.91 Å². The summed E-state index contributed by atoms with van der Waals surface area (Å²) in [7, 11) is 0. The van der Waals surface area contributed by atoms with Crippen LogP contribution in [0.5, 0.6) is 0 Å². The van der Waals surface area contributed by atoms with E-state index >= 15 is 0 Å². The van der Waals surface area contributed by atoms with Crippen LogP contribution in [0.1, 0.15) is 18.4 Å². The van der Waals surface area contributed by atoms with Gasteiger partial charge < -0.3 is 15.3 Å². The average Bonchev–Trinajstić information content (AvgIpc) is 2.87. The fourth-order valence-corrected chi connectivity index (χ4v) is 2.42. The first kappa shape index (κ1) is 14.3. The number of amides is 1. The number of nitrogens with zero attached hydrogens (tertiary/aromatic N) is 2. The minimum atomic E-state index is -0.366. The van der Waals surface area contributed by atoms with Crippen molar-refractivity contribution in [2.75, 3.05) is 0 Å². The minimum absolute atomic E-state index is 0.143. The van der Waals surface area contributed by atoms with E-state index in [1.807, 2.05) is 0 Å². The van der Waals surface area contributed by atoms with Gasteiger partial charge in [-0.05, 0) is 13.8 Å². The Hall–Kier alpha value is -2.09. The first-order valence-electron chi connectivity index (χ1n) is 6.05. The van der Waals surface area contributed by atoms with Crippen LogP contribution in [0.25, 0.3) is 0 Å². The molecule has 2 heterocycles. The molecule has 1 atom stereocenters. The molecule has 8 heteroatoms. The highest BCUT2D eigenvalue weighted by Gasteiger charge is 2.15. The monoisotopic (exact) mass is 293 g/mol. The van der Waals surface area contributed by atoms with Crippen molar-refractivity contribution in [3.8, 4) is 0 Å². The molecule has 0 aliphatic carbocycles. The zero-order chi connectivity index (χ0) is 14.5. The van der Waals surface area contributed by atoms with Crippen molar-refractivity contribution in [3.05, 3.63) is 40.3 Å². The molecule has 0 radical (unpaired) electrons. The molecule has 7 nitrogen and oxygen atoms in total. The van der Waals surface area contributed by atoms with E-state index in [1.54, 1.807) is 26.2 Å². The molecule has 0 unspecified atom stereocenters. The van der Waals surface area contributed by atoms with E-state index in [0.29, 0.717) is 23.2 Å². The highest BCUT2D eigenvalue weighted by Crippen LogP contribution is 2.18. The Bertz CT molecular complexity index is 638. The lowest BCUT2D eigenvalue weighted by molar-refractivity contribution is -0.120. The quantitative estimate of drug-likeness (QED) is 0.553. The summed E-state index contributed by atoms with van der Waals surface area (Å²) in [4.78, 5) is 36.9. The number of thioether (sulfide) groups is 1. The standard InChI is InChI=1S/C12H15N5O2S/c1-7-5-10(18)17-12(16-7)20-8(2)11(19)15-6-9-13-3-4-14-9/h3-5,8H,6H2,1-2H3,(H,13,14)(H,15,19)(H,16,17,18)/t8-/m1/s1. The van der Waals surface area contributed by atoms with Crippen LogP contribution in [0.4, 0.5) is 0 Å². The van der Waals surface area contributed by atoms with Gasteiger partial charge in [0.25, 0.3) is 5.56 Å². The van der Waals surface area contributed by atoms with Crippen molar-refractivity contribution in [2.24, 2.45) is 0 Å². The Balaban J connectivity index is 1.91. The summed E-state index contributed by atoms with van der Waals surface area (Å²) in [6.07, 6.45) is 3.32. The van der Waals surface area contributed by atoms with Crippen LogP contribution in [0, 0.1) is 6.92 Å². The minimum Gasteiger partial charge on any atom is -0.348 e. The molecule has 20 heavy (non-hydrogen) atoms. The van der Waals surface area contributed by atoms with Crippen LogP contribution in [-0.2, 0) is 11.3 Å². The normalized spacial score (nSPS) is 12.1. The molecule has 0 aliphatic heterocycles. The van der Waals surface area contributed by atoms with Crippen molar-refractivity contribution in [1.29, 1.82) is 0 Å². The molecule has 0 bridgehead atoms.